The second kappa shape index (κ2) is 8.48. The van der Waals surface area contributed by atoms with Gasteiger partial charge in [-0.05, 0) is 51.3 Å². The highest BCUT2D eigenvalue weighted by molar-refractivity contribution is 5.94. The van der Waals surface area contributed by atoms with E-state index < -0.39 is 0 Å². The second-order valence-corrected chi connectivity index (χ2v) is 7.10. The Kier molecular flexibility index (Phi) is 6.59. The molecule has 0 bridgehead atoms. The minimum Gasteiger partial charge on any atom is -0.466 e. The third kappa shape index (κ3) is 4.60. The van der Waals surface area contributed by atoms with Crippen LogP contribution < -0.4 is 0 Å². The van der Waals surface area contributed by atoms with Gasteiger partial charge in [0.1, 0.15) is 0 Å². The summed E-state index contributed by atoms with van der Waals surface area (Å²) in [6, 6.07) is 8.28. The van der Waals surface area contributed by atoms with Crippen molar-refractivity contribution in [1.82, 2.24) is 9.80 Å². The lowest BCUT2D eigenvalue weighted by Crippen LogP contribution is -2.50. The van der Waals surface area contributed by atoms with Gasteiger partial charge in [0.25, 0.3) is 5.91 Å². The molecule has 138 valence electrons. The number of rotatable bonds is 5. The molecule has 1 aromatic rings. The van der Waals surface area contributed by atoms with Gasteiger partial charge in [-0.25, -0.2) is 0 Å². The van der Waals surface area contributed by atoms with E-state index in [-0.39, 0.29) is 23.8 Å². The second-order valence-electron chi connectivity index (χ2n) is 7.10. The molecule has 3 atom stereocenters. The van der Waals surface area contributed by atoms with Crippen LogP contribution in [0.2, 0.25) is 0 Å². The fourth-order valence-electron chi connectivity index (χ4n) is 3.60. The van der Waals surface area contributed by atoms with E-state index in [2.05, 4.69) is 18.7 Å². The maximum Gasteiger partial charge on any atom is 0.310 e. The van der Waals surface area contributed by atoms with Crippen molar-refractivity contribution in [1.29, 1.82) is 0 Å². The molecule has 0 spiro atoms. The molecule has 0 aliphatic carbocycles. The van der Waals surface area contributed by atoms with Crippen LogP contribution in [0, 0.1) is 5.92 Å². The van der Waals surface area contributed by atoms with Crippen LogP contribution in [-0.4, -0.2) is 54.5 Å². The zero-order chi connectivity index (χ0) is 18.6. The van der Waals surface area contributed by atoms with Crippen molar-refractivity contribution in [3.63, 3.8) is 0 Å². The molecular formula is C20H30N2O3. The van der Waals surface area contributed by atoms with Crippen molar-refractivity contribution in [2.24, 2.45) is 5.92 Å². The van der Waals surface area contributed by atoms with E-state index in [0.29, 0.717) is 18.2 Å². The molecule has 2 rings (SSSR count). The number of benzene rings is 1. The van der Waals surface area contributed by atoms with Gasteiger partial charge in [-0.15, -0.1) is 0 Å². The van der Waals surface area contributed by atoms with Gasteiger partial charge in [-0.2, -0.15) is 0 Å². The zero-order valence-electron chi connectivity index (χ0n) is 16.0. The minimum absolute atomic E-state index is 0.00555. The highest BCUT2D eigenvalue weighted by Crippen LogP contribution is 2.30. The fourth-order valence-corrected chi connectivity index (χ4v) is 3.60. The average molecular weight is 346 g/mol. The molecule has 0 radical (unpaired) electrons. The topological polar surface area (TPSA) is 49.9 Å². The summed E-state index contributed by atoms with van der Waals surface area (Å²) in [6.07, 6.45) is 1.85. The molecule has 0 N–H and O–H groups in total. The van der Waals surface area contributed by atoms with Gasteiger partial charge in [-0.3, -0.25) is 14.5 Å². The first-order chi connectivity index (χ1) is 11.8. The van der Waals surface area contributed by atoms with Crippen LogP contribution in [0.1, 0.15) is 49.5 Å². The molecule has 0 unspecified atom stereocenters. The van der Waals surface area contributed by atoms with E-state index >= 15 is 0 Å². The molecule has 0 saturated carbocycles. The van der Waals surface area contributed by atoms with Gasteiger partial charge < -0.3 is 9.64 Å². The molecule has 5 heteroatoms. The summed E-state index contributed by atoms with van der Waals surface area (Å²) >= 11 is 0. The number of nitrogens with zero attached hydrogens (tertiary/aromatic N) is 2. The first kappa shape index (κ1) is 19.4. The summed E-state index contributed by atoms with van der Waals surface area (Å²) in [4.78, 5) is 28.4. The lowest BCUT2D eigenvalue weighted by Gasteiger charge is -2.42. The maximum atomic E-state index is 12.2. The number of piperidine rings is 1. The van der Waals surface area contributed by atoms with Gasteiger partial charge >= 0.3 is 5.97 Å². The van der Waals surface area contributed by atoms with Crippen LogP contribution in [0.25, 0.3) is 0 Å². The maximum absolute atomic E-state index is 12.2. The highest BCUT2D eigenvalue weighted by Gasteiger charge is 2.37. The van der Waals surface area contributed by atoms with E-state index in [4.69, 9.17) is 4.74 Å². The van der Waals surface area contributed by atoms with Crippen LogP contribution in [0.5, 0.6) is 0 Å². The standard InChI is InChI=1S/C20H30N2O3/c1-6-25-20(24)18-11-10-14(2)22(15(18)3)13-16-8-7-9-17(12-16)19(23)21(4)5/h7-9,12,14-15,18H,6,10-11,13H2,1-5H3/t14-,15+,18+/m0/s1. The normalized spacial score (nSPS) is 24.0. The number of likely N-dealkylation sites (tertiary alicyclic amines) is 1. The van der Waals surface area contributed by atoms with E-state index in [1.165, 1.54) is 0 Å². The first-order valence-corrected chi connectivity index (χ1v) is 9.08. The number of amides is 1. The molecule has 1 heterocycles. The van der Waals surface area contributed by atoms with E-state index in [1.807, 2.05) is 31.2 Å². The van der Waals surface area contributed by atoms with Crippen LogP contribution in [0.15, 0.2) is 24.3 Å². The molecule has 5 nitrogen and oxygen atoms in total. The molecular weight excluding hydrogens is 316 g/mol. The summed E-state index contributed by atoms with van der Waals surface area (Å²) in [6.45, 7) is 7.30. The third-order valence-electron chi connectivity index (χ3n) is 5.10. The predicted octanol–water partition coefficient (Wildman–Crippen LogP) is 2.94. The summed E-state index contributed by atoms with van der Waals surface area (Å²) < 4.78 is 5.25. The predicted molar refractivity (Wildman–Crippen MR) is 98.3 cm³/mol. The number of ether oxygens (including phenoxy) is 1. The molecule has 1 aliphatic rings. The highest BCUT2D eigenvalue weighted by atomic mass is 16.5. The molecule has 1 aliphatic heterocycles. The lowest BCUT2D eigenvalue weighted by atomic mass is 9.86. The summed E-state index contributed by atoms with van der Waals surface area (Å²) in [7, 11) is 3.52. The number of carbonyl (C=O) groups is 2. The summed E-state index contributed by atoms with van der Waals surface area (Å²) in [5, 5.41) is 0. The van der Waals surface area contributed by atoms with E-state index in [1.54, 1.807) is 19.0 Å². The average Bonchev–Trinajstić information content (AvgIpc) is 2.58. The quantitative estimate of drug-likeness (QED) is 0.769. The molecule has 1 amide bonds. The Morgan fingerprint density at radius 2 is 1.96 bits per heavy atom. The Bertz CT molecular complexity index is 615. The molecule has 1 saturated heterocycles. The van der Waals surface area contributed by atoms with Gasteiger partial charge in [0.05, 0.1) is 12.5 Å². The van der Waals surface area contributed by atoms with Crippen molar-refractivity contribution < 1.29 is 14.3 Å². The van der Waals surface area contributed by atoms with Crippen LogP contribution >= 0.6 is 0 Å². The summed E-state index contributed by atoms with van der Waals surface area (Å²) in [5.41, 5.74) is 1.79. The van der Waals surface area contributed by atoms with Crippen LogP contribution in [0.3, 0.4) is 0 Å². The molecule has 1 fully saturated rings. The fraction of sp³-hybridized carbons (Fsp3) is 0.600. The third-order valence-corrected chi connectivity index (χ3v) is 5.10. The Morgan fingerprint density at radius 1 is 1.24 bits per heavy atom. The lowest BCUT2D eigenvalue weighted by molar-refractivity contribution is -0.153. The van der Waals surface area contributed by atoms with Crippen molar-refractivity contribution in [3.8, 4) is 0 Å². The van der Waals surface area contributed by atoms with E-state index in [0.717, 1.165) is 24.9 Å². The Balaban J connectivity index is 2.15. The van der Waals surface area contributed by atoms with Crippen LogP contribution in [0.4, 0.5) is 0 Å². The zero-order valence-corrected chi connectivity index (χ0v) is 16.0. The van der Waals surface area contributed by atoms with Gasteiger partial charge in [0.15, 0.2) is 0 Å². The Hall–Kier alpha value is -1.88. The number of carbonyl (C=O) groups excluding carboxylic acids is 2. The monoisotopic (exact) mass is 346 g/mol. The van der Waals surface area contributed by atoms with Crippen molar-refractivity contribution in [3.05, 3.63) is 35.4 Å². The minimum atomic E-state index is -0.0940. The van der Waals surface area contributed by atoms with Crippen molar-refractivity contribution >= 4 is 11.9 Å². The van der Waals surface area contributed by atoms with Gasteiger partial charge in [0.2, 0.25) is 0 Å². The van der Waals surface area contributed by atoms with Crippen molar-refractivity contribution in [2.45, 2.75) is 52.2 Å². The first-order valence-electron chi connectivity index (χ1n) is 9.08. The van der Waals surface area contributed by atoms with Crippen molar-refractivity contribution in [2.75, 3.05) is 20.7 Å². The smallest absolute Gasteiger partial charge is 0.310 e. The Labute approximate surface area is 150 Å². The van der Waals surface area contributed by atoms with E-state index in [9.17, 15) is 9.59 Å². The number of hydrogen-bond acceptors (Lipinski definition) is 4. The Morgan fingerprint density at radius 3 is 2.60 bits per heavy atom. The molecule has 25 heavy (non-hydrogen) atoms. The SMILES string of the molecule is CCOC(=O)[C@@H]1CC[C@H](C)N(Cc2cccc(C(=O)N(C)C)c2)[C@@H]1C. The number of esters is 1. The van der Waals surface area contributed by atoms with Gasteiger partial charge in [0, 0.05) is 38.3 Å². The van der Waals surface area contributed by atoms with Crippen LogP contribution in [-0.2, 0) is 16.1 Å². The molecule has 0 aromatic heterocycles. The molecule has 1 aromatic carbocycles. The number of hydrogen-bond donors (Lipinski definition) is 0. The summed E-state index contributed by atoms with van der Waals surface area (Å²) in [5.74, 6) is -0.169. The largest absolute Gasteiger partial charge is 0.466 e. The van der Waals surface area contributed by atoms with Gasteiger partial charge in [-0.1, -0.05) is 12.1 Å².